The van der Waals surface area contributed by atoms with E-state index < -0.39 is 5.60 Å². The fraction of sp³-hybridized carbons (Fsp3) is 0.533. The third-order valence-corrected chi connectivity index (χ3v) is 3.54. The second-order valence-corrected chi connectivity index (χ2v) is 6.37. The molecule has 1 amide bonds. The first-order valence-corrected chi connectivity index (χ1v) is 7.19. The van der Waals surface area contributed by atoms with E-state index >= 15 is 0 Å². The minimum atomic E-state index is -0.460. The van der Waals surface area contributed by atoms with Crippen LogP contribution in [0, 0.1) is 0 Å². The Morgan fingerprint density at radius 2 is 2.19 bits per heavy atom. The predicted octanol–water partition coefficient (Wildman–Crippen LogP) is 2.61. The first kappa shape index (κ1) is 13.9. The van der Waals surface area contributed by atoms with Crippen molar-refractivity contribution in [3.63, 3.8) is 0 Å². The number of hydrogen-bond acceptors (Lipinski definition) is 4. The second kappa shape index (κ2) is 5.02. The lowest BCUT2D eigenvalue weighted by atomic mass is 10.2. The molecule has 0 spiro atoms. The number of aromatic nitrogens is 3. The van der Waals surface area contributed by atoms with Gasteiger partial charge in [0.2, 0.25) is 0 Å². The lowest BCUT2D eigenvalue weighted by molar-refractivity contribution is 0.0289. The van der Waals surface area contributed by atoms with Gasteiger partial charge in [-0.2, -0.15) is 0 Å². The molecule has 1 fully saturated rings. The molecule has 0 saturated carbocycles. The number of amides is 1. The molecule has 0 unspecified atom stereocenters. The highest BCUT2D eigenvalue weighted by molar-refractivity contribution is 5.71. The number of nitrogens with zero attached hydrogens (tertiary/aromatic N) is 4. The summed E-state index contributed by atoms with van der Waals surface area (Å²) >= 11 is 0. The summed E-state index contributed by atoms with van der Waals surface area (Å²) < 4.78 is 7.48. The molecule has 6 nitrogen and oxygen atoms in total. The molecule has 1 atom stereocenters. The fourth-order valence-electron chi connectivity index (χ4n) is 2.60. The zero-order valence-electron chi connectivity index (χ0n) is 12.6. The summed E-state index contributed by atoms with van der Waals surface area (Å²) in [5, 5.41) is 0. The van der Waals surface area contributed by atoms with Gasteiger partial charge in [0.15, 0.2) is 5.65 Å². The first-order valence-electron chi connectivity index (χ1n) is 7.19. The van der Waals surface area contributed by atoms with Crippen LogP contribution in [0.15, 0.2) is 24.7 Å². The Morgan fingerprint density at radius 3 is 2.95 bits per heavy atom. The minimum absolute atomic E-state index is 0.206. The van der Waals surface area contributed by atoms with E-state index in [-0.39, 0.29) is 12.1 Å². The summed E-state index contributed by atoms with van der Waals surface area (Å²) in [5.74, 6) is 0. The fourth-order valence-corrected chi connectivity index (χ4v) is 2.60. The van der Waals surface area contributed by atoms with Crippen molar-refractivity contribution in [2.75, 3.05) is 13.1 Å². The minimum Gasteiger partial charge on any atom is -0.444 e. The van der Waals surface area contributed by atoms with Crippen LogP contribution in [0.3, 0.4) is 0 Å². The first-order chi connectivity index (χ1) is 9.94. The van der Waals surface area contributed by atoms with Gasteiger partial charge in [0.25, 0.3) is 0 Å². The SMILES string of the molecule is CC(C)(C)OC(=O)N1CC[C@H](n2cnc3cccnc32)C1. The summed E-state index contributed by atoms with van der Waals surface area (Å²) in [6.07, 6.45) is 4.21. The molecule has 112 valence electrons. The Hall–Kier alpha value is -2.11. The third-order valence-electron chi connectivity index (χ3n) is 3.54. The lowest BCUT2D eigenvalue weighted by Crippen LogP contribution is -2.35. The van der Waals surface area contributed by atoms with E-state index in [0.29, 0.717) is 13.1 Å². The van der Waals surface area contributed by atoms with Gasteiger partial charge >= 0.3 is 6.09 Å². The van der Waals surface area contributed by atoms with Crippen molar-refractivity contribution in [1.82, 2.24) is 19.4 Å². The molecule has 3 heterocycles. The Bertz CT molecular complexity index is 659. The molecule has 0 aromatic carbocycles. The summed E-state index contributed by atoms with van der Waals surface area (Å²) in [4.78, 5) is 22.6. The van der Waals surface area contributed by atoms with Crippen molar-refractivity contribution >= 4 is 17.3 Å². The molecule has 6 heteroatoms. The largest absolute Gasteiger partial charge is 0.444 e. The van der Waals surface area contributed by atoms with E-state index in [2.05, 4.69) is 14.5 Å². The molecule has 0 radical (unpaired) electrons. The van der Waals surface area contributed by atoms with Crippen LogP contribution in [-0.4, -0.2) is 44.2 Å². The van der Waals surface area contributed by atoms with E-state index in [1.54, 1.807) is 17.4 Å². The number of fused-ring (bicyclic) bond motifs is 1. The van der Waals surface area contributed by atoms with Crippen LogP contribution in [0.4, 0.5) is 4.79 Å². The summed E-state index contributed by atoms with van der Waals surface area (Å²) in [6.45, 7) is 6.98. The number of hydrogen-bond donors (Lipinski definition) is 0. The van der Waals surface area contributed by atoms with Gasteiger partial charge in [0.05, 0.1) is 12.4 Å². The average molecular weight is 288 g/mol. The predicted molar refractivity (Wildman–Crippen MR) is 79.0 cm³/mol. The molecule has 0 aliphatic carbocycles. The number of pyridine rings is 1. The number of imidazole rings is 1. The monoisotopic (exact) mass is 288 g/mol. The number of rotatable bonds is 1. The number of ether oxygens (including phenoxy) is 1. The zero-order valence-corrected chi connectivity index (χ0v) is 12.6. The molecule has 2 aromatic rings. The molecule has 0 bridgehead atoms. The van der Waals surface area contributed by atoms with Crippen LogP contribution in [0.25, 0.3) is 11.2 Å². The van der Waals surface area contributed by atoms with Crippen LogP contribution >= 0.6 is 0 Å². The Morgan fingerprint density at radius 1 is 1.38 bits per heavy atom. The zero-order chi connectivity index (χ0) is 15.0. The van der Waals surface area contributed by atoms with Crippen LogP contribution < -0.4 is 0 Å². The van der Waals surface area contributed by atoms with Crippen LogP contribution in [0.1, 0.15) is 33.2 Å². The smallest absolute Gasteiger partial charge is 0.410 e. The highest BCUT2D eigenvalue weighted by Gasteiger charge is 2.31. The standard InChI is InChI=1S/C15H20N4O2/c1-15(2,3)21-14(20)18-8-6-11(9-18)19-10-17-12-5-4-7-16-13(12)19/h4-5,7,10-11H,6,8-9H2,1-3H3/t11-/m0/s1. The lowest BCUT2D eigenvalue weighted by Gasteiger charge is -2.24. The van der Waals surface area contributed by atoms with Crippen molar-refractivity contribution in [2.45, 2.75) is 38.8 Å². The van der Waals surface area contributed by atoms with Crippen molar-refractivity contribution in [3.05, 3.63) is 24.7 Å². The Labute approximate surface area is 123 Å². The van der Waals surface area contributed by atoms with Crippen LogP contribution in [-0.2, 0) is 4.74 Å². The third kappa shape index (κ3) is 2.84. The normalized spacial score (nSPS) is 19.2. The summed E-state index contributed by atoms with van der Waals surface area (Å²) in [5.41, 5.74) is 1.29. The molecule has 3 rings (SSSR count). The van der Waals surface area contributed by atoms with Crippen molar-refractivity contribution in [3.8, 4) is 0 Å². The highest BCUT2D eigenvalue weighted by Crippen LogP contribution is 2.26. The van der Waals surface area contributed by atoms with E-state index in [9.17, 15) is 4.79 Å². The van der Waals surface area contributed by atoms with Gasteiger partial charge in [0.1, 0.15) is 11.1 Å². The van der Waals surface area contributed by atoms with Crippen LogP contribution in [0.2, 0.25) is 0 Å². The molecule has 21 heavy (non-hydrogen) atoms. The maximum atomic E-state index is 12.1. The van der Waals surface area contributed by atoms with E-state index in [4.69, 9.17) is 4.74 Å². The van der Waals surface area contributed by atoms with E-state index in [1.165, 1.54) is 0 Å². The molecular weight excluding hydrogens is 268 g/mol. The Kier molecular flexibility index (Phi) is 3.31. The topological polar surface area (TPSA) is 60.2 Å². The number of carbonyl (C=O) groups excluding carboxylic acids is 1. The van der Waals surface area contributed by atoms with Gasteiger partial charge in [-0.15, -0.1) is 0 Å². The van der Waals surface area contributed by atoms with Crippen molar-refractivity contribution in [2.24, 2.45) is 0 Å². The van der Waals surface area contributed by atoms with Crippen LogP contribution in [0.5, 0.6) is 0 Å². The van der Waals surface area contributed by atoms with Gasteiger partial charge in [-0.25, -0.2) is 14.8 Å². The second-order valence-electron chi connectivity index (χ2n) is 6.37. The van der Waals surface area contributed by atoms with Gasteiger partial charge < -0.3 is 14.2 Å². The maximum absolute atomic E-state index is 12.1. The quantitative estimate of drug-likeness (QED) is 0.809. The molecule has 1 saturated heterocycles. The van der Waals surface area contributed by atoms with E-state index in [0.717, 1.165) is 17.6 Å². The molecule has 1 aliphatic heterocycles. The highest BCUT2D eigenvalue weighted by atomic mass is 16.6. The van der Waals surface area contributed by atoms with Crippen molar-refractivity contribution in [1.29, 1.82) is 0 Å². The number of carbonyl (C=O) groups is 1. The summed E-state index contributed by atoms with van der Waals surface area (Å²) in [6, 6.07) is 4.03. The summed E-state index contributed by atoms with van der Waals surface area (Å²) in [7, 11) is 0. The molecule has 1 aliphatic rings. The Balaban J connectivity index is 1.74. The molecular formula is C15H20N4O2. The van der Waals surface area contributed by atoms with E-state index in [1.807, 2.05) is 32.9 Å². The molecule has 0 N–H and O–H groups in total. The number of likely N-dealkylation sites (tertiary alicyclic amines) is 1. The van der Waals surface area contributed by atoms with Gasteiger partial charge in [0, 0.05) is 19.3 Å². The maximum Gasteiger partial charge on any atom is 0.410 e. The van der Waals surface area contributed by atoms with Gasteiger partial charge in [-0.05, 0) is 39.3 Å². The van der Waals surface area contributed by atoms with Gasteiger partial charge in [-0.3, -0.25) is 0 Å². The van der Waals surface area contributed by atoms with Gasteiger partial charge in [-0.1, -0.05) is 0 Å². The average Bonchev–Trinajstić information content (AvgIpc) is 3.03. The molecule has 2 aromatic heterocycles. The van der Waals surface area contributed by atoms with Crippen molar-refractivity contribution < 1.29 is 9.53 Å².